The molecule has 3 aliphatic heterocycles. The number of nitrogens with zero attached hydrogens (tertiary/aromatic N) is 2. The summed E-state index contributed by atoms with van der Waals surface area (Å²) in [4.78, 5) is 17.8. The SMILES string of the molecule is Cl.Cl.Cl.O=C(CCC[C@H]1NC[C@@H]2C[C@H]1CN(Cc1ccccc1)C2)NC1CCN(Cc2ccccc2)CC1. The number of benzene rings is 2. The molecule has 0 unspecified atom stereocenters. The minimum Gasteiger partial charge on any atom is -0.353 e. The highest BCUT2D eigenvalue weighted by molar-refractivity contribution is 5.86. The summed E-state index contributed by atoms with van der Waals surface area (Å²) in [6.45, 7) is 7.71. The number of hydrogen-bond acceptors (Lipinski definition) is 4. The minimum absolute atomic E-state index is 0. The van der Waals surface area contributed by atoms with Gasteiger partial charge in [0, 0.05) is 57.8 Å². The summed E-state index contributed by atoms with van der Waals surface area (Å²) in [5.41, 5.74) is 2.79. The fraction of sp³-hybridized carbons (Fsp3) is 0.567. The minimum atomic E-state index is 0. The van der Waals surface area contributed by atoms with Gasteiger partial charge in [-0.15, -0.1) is 37.2 Å². The fourth-order valence-corrected chi connectivity index (χ4v) is 6.44. The molecule has 5 rings (SSSR count). The second-order valence-corrected chi connectivity index (χ2v) is 11.1. The van der Waals surface area contributed by atoms with Crippen molar-refractivity contribution in [2.24, 2.45) is 11.8 Å². The summed E-state index contributed by atoms with van der Waals surface area (Å²) in [7, 11) is 0. The number of fused-ring (bicyclic) bond motifs is 2. The van der Waals surface area contributed by atoms with Gasteiger partial charge in [-0.25, -0.2) is 0 Å². The molecule has 0 saturated carbocycles. The molecular formula is C30H45Cl3N4O. The Labute approximate surface area is 247 Å². The number of nitrogens with one attached hydrogen (secondary N) is 2. The zero-order chi connectivity index (χ0) is 23.9. The first-order chi connectivity index (χ1) is 17.2. The highest BCUT2D eigenvalue weighted by Crippen LogP contribution is 2.31. The lowest BCUT2D eigenvalue weighted by molar-refractivity contribution is -0.122. The molecule has 38 heavy (non-hydrogen) atoms. The number of amides is 1. The van der Waals surface area contributed by atoms with Gasteiger partial charge in [0.05, 0.1) is 0 Å². The third kappa shape index (κ3) is 9.69. The lowest BCUT2D eigenvalue weighted by Crippen LogP contribution is -2.55. The van der Waals surface area contributed by atoms with Crippen molar-refractivity contribution in [3.63, 3.8) is 0 Å². The van der Waals surface area contributed by atoms with E-state index in [0.29, 0.717) is 24.4 Å². The monoisotopic (exact) mass is 582 g/mol. The van der Waals surface area contributed by atoms with Crippen LogP contribution in [0.25, 0.3) is 0 Å². The summed E-state index contributed by atoms with van der Waals surface area (Å²) in [6, 6.07) is 22.4. The van der Waals surface area contributed by atoms with Crippen LogP contribution in [0, 0.1) is 11.8 Å². The number of carbonyl (C=O) groups is 1. The van der Waals surface area contributed by atoms with E-state index in [1.54, 1.807) is 0 Å². The molecule has 0 spiro atoms. The normalized spacial score (nSPS) is 23.8. The Morgan fingerprint density at radius 3 is 2.08 bits per heavy atom. The van der Waals surface area contributed by atoms with Crippen LogP contribution in [0.4, 0.5) is 0 Å². The first-order valence-corrected chi connectivity index (χ1v) is 13.8. The first-order valence-electron chi connectivity index (χ1n) is 13.8. The topological polar surface area (TPSA) is 47.6 Å². The molecule has 0 radical (unpaired) electrons. The van der Waals surface area contributed by atoms with E-state index in [1.807, 2.05) is 0 Å². The largest absolute Gasteiger partial charge is 0.353 e. The van der Waals surface area contributed by atoms with Crippen molar-refractivity contribution in [2.45, 2.75) is 63.7 Å². The number of rotatable bonds is 9. The van der Waals surface area contributed by atoms with E-state index in [9.17, 15) is 4.79 Å². The van der Waals surface area contributed by atoms with Gasteiger partial charge in [0.2, 0.25) is 5.91 Å². The van der Waals surface area contributed by atoms with Crippen LogP contribution in [0.3, 0.4) is 0 Å². The van der Waals surface area contributed by atoms with E-state index in [4.69, 9.17) is 0 Å². The predicted octanol–water partition coefficient (Wildman–Crippen LogP) is 5.31. The van der Waals surface area contributed by atoms with Gasteiger partial charge in [-0.1, -0.05) is 60.7 Å². The Morgan fingerprint density at radius 2 is 1.45 bits per heavy atom. The lowest BCUT2D eigenvalue weighted by Gasteiger charge is -2.46. The molecule has 3 saturated heterocycles. The number of piperidine rings is 3. The molecule has 0 aromatic heterocycles. The van der Waals surface area contributed by atoms with Crippen molar-refractivity contribution in [1.82, 2.24) is 20.4 Å². The summed E-state index contributed by atoms with van der Waals surface area (Å²) >= 11 is 0. The molecule has 8 heteroatoms. The highest BCUT2D eigenvalue weighted by atomic mass is 35.5. The summed E-state index contributed by atoms with van der Waals surface area (Å²) in [5.74, 6) is 1.72. The van der Waals surface area contributed by atoms with Crippen molar-refractivity contribution >= 4 is 43.1 Å². The average Bonchev–Trinajstić information content (AvgIpc) is 2.88. The fourth-order valence-electron chi connectivity index (χ4n) is 6.44. The van der Waals surface area contributed by atoms with Crippen molar-refractivity contribution < 1.29 is 4.79 Å². The van der Waals surface area contributed by atoms with Crippen LogP contribution in [0.1, 0.15) is 49.7 Å². The second-order valence-electron chi connectivity index (χ2n) is 11.1. The van der Waals surface area contributed by atoms with Gasteiger partial charge < -0.3 is 10.6 Å². The van der Waals surface area contributed by atoms with Crippen LogP contribution in [-0.2, 0) is 17.9 Å². The number of hydrogen-bond donors (Lipinski definition) is 2. The molecule has 5 nitrogen and oxygen atoms in total. The van der Waals surface area contributed by atoms with Crippen LogP contribution in [0.5, 0.6) is 0 Å². The van der Waals surface area contributed by atoms with Crippen LogP contribution in [0.2, 0.25) is 0 Å². The maximum atomic E-state index is 12.6. The van der Waals surface area contributed by atoms with E-state index in [1.165, 1.54) is 30.6 Å². The molecule has 3 atom stereocenters. The third-order valence-corrected chi connectivity index (χ3v) is 8.25. The molecule has 2 bridgehead atoms. The van der Waals surface area contributed by atoms with E-state index in [-0.39, 0.29) is 43.1 Å². The van der Waals surface area contributed by atoms with Crippen LogP contribution in [-0.4, -0.2) is 60.5 Å². The molecule has 3 aliphatic rings. The molecule has 3 heterocycles. The third-order valence-electron chi connectivity index (χ3n) is 8.25. The lowest BCUT2D eigenvalue weighted by atomic mass is 9.79. The Hall–Kier alpha value is -1.34. The zero-order valence-corrected chi connectivity index (χ0v) is 24.8. The van der Waals surface area contributed by atoms with E-state index in [2.05, 4.69) is 81.1 Å². The van der Waals surface area contributed by atoms with Gasteiger partial charge >= 0.3 is 0 Å². The highest BCUT2D eigenvalue weighted by Gasteiger charge is 2.36. The van der Waals surface area contributed by atoms with Gasteiger partial charge in [-0.05, 0) is 61.6 Å². The van der Waals surface area contributed by atoms with Crippen molar-refractivity contribution in [3.05, 3.63) is 71.8 Å². The van der Waals surface area contributed by atoms with Crippen LogP contribution in [0.15, 0.2) is 60.7 Å². The standard InChI is InChI=1S/C30H42N4O.3ClH/c35-30(32-28-14-16-33(17-15-28)20-24-8-3-1-4-9-24)13-7-12-29-27-18-26(19-31-29)22-34(23-27)21-25-10-5-2-6-11-25;;;/h1-6,8-11,26-29,31H,7,12-23H2,(H,32,35);3*1H/t26-,27-,29+;;;/m0.../s1. The van der Waals surface area contributed by atoms with Gasteiger partial charge in [-0.3, -0.25) is 14.6 Å². The van der Waals surface area contributed by atoms with E-state index in [0.717, 1.165) is 64.3 Å². The summed E-state index contributed by atoms with van der Waals surface area (Å²) < 4.78 is 0. The predicted molar refractivity (Wildman–Crippen MR) is 164 cm³/mol. The smallest absolute Gasteiger partial charge is 0.220 e. The quantitative estimate of drug-likeness (QED) is 0.420. The molecule has 1 amide bonds. The maximum Gasteiger partial charge on any atom is 0.220 e. The zero-order valence-electron chi connectivity index (χ0n) is 22.3. The van der Waals surface area contributed by atoms with Gasteiger partial charge in [0.1, 0.15) is 0 Å². The molecule has 2 N–H and O–H groups in total. The van der Waals surface area contributed by atoms with Gasteiger partial charge in [0.25, 0.3) is 0 Å². The van der Waals surface area contributed by atoms with E-state index < -0.39 is 0 Å². The Balaban J connectivity index is 0.00000169. The van der Waals surface area contributed by atoms with Crippen LogP contribution >= 0.6 is 37.2 Å². The molecule has 0 aliphatic carbocycles. The number of carbonyl (C=O) groups excluding carboxylic acids is 1. The average molecular weight is 584 g/mol. The van der Waals surface area contributed by atoms with Crippen molar-refractivity contribution in [2.75, 3.05) is 32.7 Å². The number of halogens is 3. The molecule has 3 fully saturated rings. The molecule has 2 aromatic rings. The van der Waals surface area contributed by atoms with E-state index >= 15 is 0 Å². The van der Waals surface area contributed by atoms with Gasteiger partial charge in [0.15, 0.2) is 0 Å². The molecule has 2 aromatic carbocycles. The number of likely N-dealkylation sites (tertiary alicyclic amines) is 2. The summed E-state index contributed by atoms with van der Waals surface area (Å²) in [6.07, 6.45) is 6.21. The Kier molecular flexibility index (Phi) is 14.4. The van der Waals surface area contributed by atoms with Crippen molar-refractivity contribution in [3.8, 4) is 0 Å². The Morgan fingerprint density at radius 1 is 0.842 bits per heavy atom. The second kappa shape index (κ2) is 16.7. The van der Waals surface area contributed by atoms with Crippen LogP contribution < -0.4 is 10.6 Å². The maximum absolute atomic E-state index is 12.6. The first kappa shape index (κ1) is 32.9. The Bertz CT molecular complexity index is 928. The molecule has 212 valence electrons. The van der Waals surface area contributed by atoms with Gasteiger partial charge in [-0.2, -0.15) is 0 Å². The summed E-state index contributed by atoms with van der Waals surface area (Å²) in [5, 5.41) is 7.15. The molecular weight excluding hydrogens is 539 g/mol. The van der Waals surface area contributed by atoms with Crippen molar-refractivity contribution in [1.29, 1.82) is 0 Å².